The summed E-state index contributed by atoms with van der Waals surface area (Å²) in [5, 5.41) is 3.05. The summed E-state index contributed by atoms with van der Waals surface area (Å²) in [6.07, 6.45) is 2.24. The number of nitrogens with one attached hydrogen (secondary N) is 1. The second-order valence-electron chi connectivity index (χ2n) is 5.45. The summed E-state index contributed by atoms with van der Waals surface area (Å²) in [7, 11) is 3.12. The lowest BCUT2D eigenvalue weighted by atomic mass is 9.95. The van der Waals surface area contributed by atoms with Gasteiger partial charge in [0.15, 0.2) is 0 Å². The third-order valence-electron chi connectivity index (χ3n) is 3.92. The molecule has 5 heteroatoms. The fourth-order valence-electron chi connectivity index (χ4n) is 2.31. The van der Waals surface area contributed by atoms with Crippen molar-refractivity contribution in [2.45, 2.75) is 25.3 Å². The summed E-state index contributed by atoms with van der Waals surface area (Å²) >= 11 is 0. The Kier molecular flexibility index (Phi) is 4.18. The first kappa shape index (κ1) is 14.7. The quantitative estimate of drug-likeness (QED) is 0.828. The molecule has 0 bridgehead atoms. The van der Waals surface area contributed by atoms with Gasteiger partial charge in [0.25, 0.3) is 5.91 Å². The third-order valence-corrected chi connectivity index (χ3v) is 3.92. The number of hydrogen-bond donors (Lipinski definition) is 2. The van der Waals surface area contributed by atoms with E-state index in [1.807, 2.05) is 6.92 Å². The van der Waals surface area contributed by atoms with Gasteiger partial charge in [0.05, 0.1) is 19.8 Å². The second kappa shape index (κ2) is 5.71. The molecule has 0 aromatic heterocycles. The van der Waals surface area contributed by atoms with Crippen molar-refractivity contribution in [2.75, 3.05) is 20.8 Å². The molecule has 0 aliphatic heterocycles. The predicted molar refractivity (Wildman–Crippen MR) is 77.2 cm³/mol. The lowest BCUT2D eigenvalue weighted by Gasteiger charge is -2.29. The van der Waals surface area contributed by atoms with Crippen molar-refractivity contribution >= 4 is 5.91 Å². The lowest BCUT2D eigenvalue weighted by Crippen LogP contribution is -2.53. The monoisotopic (exact) mass is 278 g/mol. The molecule has 0 radical (unpaired) electrons. The van der Waals surface area contributed by atoms with E-state index in [4.69, 9.17) is 15.2 Å². The smallest absolute Gasteiger partial charge is 0.252 e. The van der Waals surface area contributed by atoms with Crippen LogP contribution in [0.4, 0.5) is 0 Å². The molecule has 1 fully saturated rings. The Morgan fingerprint density at radius 1 is 1.30 bits per heavy atom. The van der Waals surface area contributed by atoms with E-state index in [0.29, 0.717) is 29.5 Å². The van der Waals surface area contributed by atoms with Crippen molar-refractivity contribution < 1.29 is 14.3 Å². The summed E-state index contributed by atoms with van der Waals surface area (Å²) < 4.78 is 10.4. The topological polar surface area (TPSA) is 73.6 Å². The molecule has 0 spiro atoms. The summed E-state index contributed by atoms with van der Waals surface area (Å²) in [6.45, 7) is 2.44. The number of carbonyl (C=O) groups excluding carboxylic acids is 1. The Bertz CT molecular complexity index is 478. The van der Waals surface area contributed by atoms with E-state index in [-0.39, 0.29) is 11.4 Å². The molecular formula is C15H22N2O3. The van der Waals surface area contributed by atoms with Crippen molar-refractivity contribution in [3.05, 3.63) is 23.8 Å². The van der Waals surface area contributed by atoms with Crippen molar-refractivity contribution in [1.82, 2.24) is 5.32 Å². The van der Waals surface area contributed by atoms with Gasteiger partial charge in [0.2, 0.25) is 0 Å². The van der Waals surface area contributed by atoms with Crippen molar-refractivity contribution in [1.29, 1.82) is 0 Å². The highest BCUT2D eigenvalue weighted by atomic mass is 16.5. The molecule has 1 unspecified atom stereocenters. The van der Waals surface area contributed by atoms with Crippen molar-refractivity contribution in [3.8, 4) is 11.5 Å². The number of ether oxygens (including phenoxy) is 2. The lowest BCUT2D eigenvalue weighted by molar-refractivity contribution is 0.0897. The Labute approximate surface area is 119 Å². The zero-order valence-electron chi connectivity index (χ0n) is 12.2. The maximum atomic E-state index is 12.4. The Morgan fingerprint density at radius 3 is 2.25 bits per heavy atom. The summed E-state index contributed by atoms with van der Waals surface area (Å²) in [6, 6.07) is 5.13. The van der Waals surface area contributed by atoms with Crippen LogP contribution < -0.4 is 20.5 Å². The van der Waals surface area contributed by atoms with Gasteiger partial charge in [-0.25, -0.2) is 0 Å². The molecule has 1 atom stereocenters. The van der Waals surface area contributed by atoms with Crippen LogP contribution in [0, 0.1) is 5.92 Å². The molecule has 110 valence electrons. The minimum absolute atomic E-state index is 0.151. The average molecular weight is 278 g/mol. The van der Waals surface area contributed by atoms with E-state index in [0.717, 1.165) is 12.8 Å². The van der Waals surface area contributed by atoms with Crippen LogP contribution in [0.1, 0.15) is 30.1 Å². The first-order valence-electron chi connectivity index (χ1n) is 6.78. The molecule has 1 aromatic carbocycles. The third kappa shape index (κ3) is 3.04. The number of amides is 1. The molecular weight excluding hydrogens is 256 g/mol. The van der Waals surface area contributed by atoms with Gasteiger partial charge >= 0.3 is 0 Å². The van der Waals surface area contributed by atoms with Crippen LogP contribution in [0.3, 0.4) is 0 Å². The molecule has 3 N–H and O–H groups in total. The van der Waals surface area contributed by atoms with Gasteiger partial charge < -0.3 is 20.5 Å². The van der Waals surface area contributed by atoms with Gasteiger partial charge in [-0.1, -0.05) is 0 Å². The van der Waals surface area contributed by atoms with Crippen LogP contribution in [-0.2, 0) is 0 Å². The van der Waals surface area contributed by atoms with Gasteiger partial charge in [-0.2, -0.15) is 0 Å². The van der Waals surface area contributed by atoms with Crippen LogP contribution in [0.5, 0.6) is 11.5 Å². The minimum atomic E-state index is -0.340. The number of benzene rings is 1. The van der Waals surface area contributed by atoms with Crippen LogP contribution in [0.15, 0.2) is 18.2 Å². The van der Waals surface area contributed by atoms with E-state index >= 15 is 0 Å². The van der Waals surface area contributed by atoms with Crippen LogP contribution >= 0.6 is 0 Å². The minimum Gasteiger partial charge on any atom is -0.497 e. The van der Waals surface area contributed by atoms with E-state index < -0.39 is 0 Å². The standard InChI is InChI=1S/C15H22N2O3/c1-15(9-16,11-4-5-11)17-14(18)10-6-12(19-2)8-13(7-10)20-3/h6-8,11H,4-5,9,16H2,1-3H3,(H,17,18). The summed E-state index contributed by atoms with van der Waals surface area (Å²) in [5.41, 5.74) is 6.00. The molecule has 1 amide bonds. The summed E-state index contributed by atoms with van der Waals surface area (Å²) in [5.74, 6) is 1.51. The largest absolute Gasteiger partial charge is 0.497 e. The van der Waals surface area contributed by atoms with E-state index in [2.05, 4.69) is 5.32 Å². The predicted octanol–water partition coefficient (Wildman–Crippen LogP) is 1.56. The number of nitrogens with two attached hydrogens (primary N) is 1. The number of carbonyl (C=O) groups is 1. The SMILES string of the molecule is COc1cc(OC)cc(C(=O)NC(C)(CN)C2CC2)c1. The van der Waals surface area contributed by atoms with Gasteiger partial charge in [-0.15, -0.1) is 0 Å². The Hall–Kier alpha value is -1.75. The molecule has 0 heterocycles. The van der Waals surface area contributed by atoms with Gasteiger partial charge in [0.1, 0.15) is 11.5 Å². The maximum absolute atomic E-state index is 12.4. The molecule has 1 aliphatic rings. The van der Waals surface area contributed by atoms with Crippen molar-refractivity contribution in [3.63, 3.8) is 0 Å². The Balaban J connectivity index is 2.19. The highest BCUT2D eigenvalue weighted by molar-refractivity contribution is 5.95. The highest BCUT2D eigenvalue weighted by Crippen LogP contribution is 2.39. The van der Waals surface area contributed by atoms with E-state index in [1.54, 1.807) is 32.4 Å². The zero-order chi connectivity index (χ0) is 14.8. The number of rotatable bonds is 6. The molecule has 2 rings (SSSR count). The zero-order valence-corrected chi connectivity index (χ0v) is 12.2. The second-order valence-corrected chi connectivity index (χ2v) is 5.45. The fraction of sp³-hybridized carbons (Fsp3) is 0.533. The molecule has 1 aromatic rings. The molecule has 1 saturated carbocycles. The van der Waals surface area contributed by atoms with Gasteiger partial charge in [-0.05, 0) is 37.8 Å². The highest BCUT2D eigenvalue weighted by Gasteiger charge is 2.41. The molecule has 5 nitrogen and oxygen atoms in total. The van der Waals surface area contributed by atoms with Gasteiger partial charge in [-0.3, -0.25) is 4.79 Å². The molecule has 20 heavy (non-hydrogen) atoms. The van der Waals surface area contributed by atoms with E-state index in [1.165, 1.54) is 0 Å². The van der Waals surface area contributed by atoms with Gasteiger partial charge in [0, 0.05) is 18.2 Å². The van der Waals surface area contributed by atoms with Crippen LogP contribution in [0.2, 0.25) is 0 Å². The van der Waals surface area contributed by atoms with Crippen molar-refractivity contribution in [2.24, 2.45) is 11.7 Å². The van der Waals surface area contributed by atoms with Crippen LogP contribution in [0.25, 0.3) is 0 Å². The van der Waals surface area contributed by atoms with E-state index in [9.17, 15) is 4.79 Å². The maximum Gasteiger partial charge on any atom is 0.252 e. The normalized spacial score (nSPS) is 17.2. The molecule has 0 saturated heterocycles. The average Bonchev–Trinajstić information content (AvgIpc) is 3.31. The summed E-state index contributed by atoms with van der Waals surface area (Å²) in [4.78, 5) is 12.4. The first-order valence-corrected chi connectivity index (χ1v) is 6.78. The number of hydrogen-bond acceptors (Lipinski definition) is 4. The Morgan fingerprint density at radius 2 is 1.85 bits per heavy atom. The molecule has 1 aliphatic carbocycles. The van der Waals surface area contributed by atoms with Crippen LogP contribution in [-0.4, -0.2) is 32.2 Å². The first-order chi connectivity index (χ1) is 9.52. The fourth-order valence-corrected chi connectivity index (χ4v) is 2.31. The number of methoxy groups -OCH3 is 2.